The van der Waals surface area contributed by atoms with Crippen LogP contribution in [0.1, 0.15) is 19.5 Å². The number of nitrogens with zero attached hydrogens (tertiary/aromatic N) is 3. The third-order valence-electron chi connectivity index (χ3n) is 2.23. The molecular weight excluding hydrogens is 220 g/mol. The van der Waals surface area contributed by atoms with Crippen LogP contribution < -0.4 is 5.32 Å². The summed E-state index contributed by atoms with van der Waals surface area (Å²) in [7, 11) is 0. The number of nitrogens with one attached hydrogen (secondary N) is 1. The minimum atomic E-state index is 0.403. The predicted molar refractivity (Wildman–Crippen MR) is 66.8 cm³/mol. The highest BCUT2D eigenvalue weighted by molar-refractivity contribution is 7.07. The molecule has 0 atom stereocenters. The Kier molecular flexibility index (Phi) is 3.56. The van der Waals surface area contributed by atoms with Crippen molar-refractivity contribution in [3.63, 3.8) is 0 Å². The summed E-state index contributed by atoms with van der Waals surface area (Å²) in [5, 5.41) is 5.41. The lowest BCUT2D eigenvalue weighted by Gasteiger charge is -2.11. The second-order valence-corrected chi connectivity index (χ2v) is 4.69. The van der Waals surface area contributed by atoms with Crippen LogP contribution in [0.25, 0.3) is 0 Å². The third-order valence-corrected chi connectivity index (χ3v) is 2.86. The van der Waals surface area contributed by atoms with Crippen LogP contribution >= 0.6 is 11.3 Å². The lowest BCUT2D eigenvalue weighted by molar-refractivity contribution is 0.684. The van der Waals surface area contributed by atoms with E-state index in [1.807, 2.05) is 17.9 Å². The molecule has 0 aliphatic carbocycles. The Morgan fingerprint density at radius 2 is 2.31 bits per heavy atom. The summed E-state index contributed by atoms with van der Waals surface area (Å²) in [4.78, 5) is 8.56. The summed E-state index contributed by atoms with van der Waals surface area (Å²) in [6, 6.07) is 0.403. The first-order chi connectivity index (χ1) is 7.75. The maximum atomic E-state index is 4.29. The number of aryl methyl sites for hydroxylation is 2. The van der Waals surface area contributed by atoms with Crippen molar-refractivity contribution in [2.75, 3.05) is 5.32 Å². The quantitative estimate of drug-likeness (QED) is 0.867. The Balaban J connectivity index is 1.96. The molecule has 0 bridgehead atoms. The molecule has 0 saturated heterocycles. The van der Waals surface area contributed by atoms with Gasteiger partial charge in [0.25, 0.3) is 0 Å². The molecule has 2 aromatic heterocycles. The molecule has 0 radical (unpaired) electrons. The number of imidazole rings is 1. The highest BCUT2D eigenvalue weighted by Gasteiger charge is 2.04. The first-order valence-corrected chi connectivity index (χ1v) is 6.34. The van der Waals surface area contributed by atoms with Crippen molar-refractivity contribution < 1.29 is 0 Å². The molecule has 0 amide bonds. The van der Waals surface area contributed by atoms with Crippen LogP contribution in [-0.2, 0) is 13.0 Å². The number of anilines is 1. The fraction of sp³-hybridized carbons (Fsp3) is 0.455. The van der Waals surface area contributed by atoms with Crippen molar-refractivity contribution in [2.45, 2.75) is 32.9 Å². The molecule has 2 heterocycles. The molecule has 0 unspecified atom stereocenters. The van der Waals surface area contributed by atoms with Gasteiger partial charge in [-0.15, -0.1) is 11.3 Å². The summed E-state index contributed by atoms with van der Waals surface area (Å²) in [5.74, 6) is 0.935. The fourth-order valence-electron chi connectivity index (χ4n) is 1.48. The van der Waals surface area contributed by atoms with E-state index in [1.54, 1.807) is 11.3 Å². The maximum Gasteiger partial charge on any atom is 0.202 e. The first kappa shape index (κ1) is 11.1. The molecule has 2 rings (SSSR count). The van der Waals surface area contributed by atoms with E-state index in [1.165, 1.54) is 0 Å². The van der Waals surface area contributed by atoms with Gasteiger partial charge in [0, 0.05) is 36.8 Å². The lowest BCUT2D eigenvalue weighted by Crippen LogP contribution is -2.15. The Labute approximate surface area is 99.4 Å². The minimum Gasteiger partial charge on any atom is -0.353 e. The van der Waals surface area contributed by atoms with Gasteiger partial charge in [-0.05, 0) is 13.8 Å². The summed E-state index contributed by atoms with van der Waals surface area (Å²) in [6.45, 7) is 5.14. The number of hydrogen-bond donors (Lipinski definition) is 1. The molecule has 5 heteroatoms. The Hall–Kier alpha value is -1.36. The SMILES string of the molecule is CC(C)Nc1nccn1CCc1cscn1. The van der Waals surface area contributed by atoms with E-state index < -0.39 is 0 Å². The second kappa shape index (κ2) is 5.12. The van der Waals surface area contributed by atoms with E-state index in [-0.39, 0.29) is 0 Å². The van der Waals surface area contributed by atoms with E-state index in [0.717, 1.165) is 24.6 Å². The molecule has 0 aromatic carbocycles. The number of aromatic nitrogens is 3. The molecule has 0 spiro atoms. The van der Waals surface area contributed by atoms with Gasteiger partial charge in [-0.1, -0.05) is 0 Å². The fourth-order valence-corrected chi connectivity index (χ4v) is 2.08. The Bertz CT molecular complexity index is 419. The molecule has 4 nitrogen and oxygen atoms in total. The van der Waals surface area contributed by atoms with Crippen LogP contribution in [-0.4, -0.2) is 20.6 Å². The average Bonchev–Trinajstić information content (AvgIpc) is 2.84. The molecule has 0 saturated carbocycles. The molecule has 0 aliphatic rings. The zero-order valence-electron chi connectivity index (χ0n) is 9.55. The topological polar surface area (TPSA) is 42.7 Å². The number of thiazole rings is 1. The van der Waals surface area contributed by atoms with Crippen molar-refractivity contribution in [3.05, 3.63) is 29.0 Å². The van der Waals surface area contributed by atoms with Crippen molar-refractivity contribution >= 4 is 17.3 Å². The molecule has 86 valence electrons. The van der Waals surface area contributed by atoms with E-state index >= 15 is 0 Å². The molecular formula is C11H16N4S. The summed E-state index contributed by atoms with van der Waals surface area (Å²) in [5.41, 5.74) is 3.02. The molecule has 0 aliphatic heterocycles. The van der Waals surface area contributed by atoms with E-state index in [4.69, 9.17) is 0 Å². The zero-order valence-corrected chi connectivity index (χ0v) is 10.4. The van der Waals surface area contributed by atoms with E-state index in [9.17, 15) is 0 Å². The van der Waals surface area contributed by atoms with Gasteiger partial charge in [0.1, 0.15) is 0 Å². The first-order valence-electron chi connectivity index (χ1n) is 5.40. The van der Waals surface area contributed by atoms with Crippen LogP contribution in [0.3, 0.4) is 0 Å². The van der Waals surface area contributed by atoms with Crippen LogP contribution in [0.4, 0.5) is 5.95 Å². The highest BCUT2D eigenvalue weighted by Crippen LogP contribution is 2.09. The third kappa shape index (κ3) is 2.82. The van der Waals surface area contributed by atoms with Gasteiger partial charge >= 0.3 is 0 Å². The number of rotatable bonds is 5. The zero-order chi connectivity index (χ0) is 11.4. The van der Waals surface area contributed by atoms with Crippen molar-refractivity contribution in [1.82, 2.24) is 14.5 Å². The van der Waals surface area contributed by atoms with Crippen molar-refractivity contribution in [2.24, 2.45) is 0 Å². The number of hydrogen-bond acceptors (Lipinski definition) is 4. The molecule has 1 N–H and O–H groups in total. The minimum absolute atomic E-state index is 0.403. The maximum absolute atomic E-state index is 4.29. The largest absolute Gasteiger partial charge is 0.353 e. The molecule has 0 fully saturated rings. The van der Waals surface area contributed by atoms with Gasteiger partial charge in [0.2, 0.25) is 5.95 Å². The lowest BCUT2D eigenvalue weighted by atomic mass is 10.3. The van der Waals surface area contributed by atoms with E-state index in [2.05, 4.69) is 39.1 Å². The molecule has 2 aromatic rings. The van der Waals surface area contributed by atoms with Gasteiger partial charge in [0.15, 0.2) is 0 Å². The van der Waals surface area contributed by atoms with Crippen LogP contribution in [0.5, 0.6) is 0 Å². The van der Waals surface area contributed by atoms with Gasteiger partial charge in [-0.25, -0.2) is 9.97 Å². The monoisotopic (exact) mass is 236 g/mol. The smallest absolute Gasteiger partial charge is 0.202 e. The predicted octanol–water partition coefficient (Wildman–Crippen LogP) is 2.40. The van der Waals surface area contributed by atoms with Crippen LogP contribution in [0.15, 0.2) is 23.3 Å². The van der Waals surface area contributed by atoms with Crippen LogP contribution in [0, 0.1) is 0 Å². The Morgan fingerprint density at radius 3 is 3.00 bits per heavy atom. The van der Waals surface area contributed by atoms with Gasteiger partial charge in [-0.3, -0.25) is 0 Å². The summed E-state index contributed by atoms with van der Waals surface area (Å²) in [6.07, 6.45) is 4.77. The Morgan fingerprint density at radius 1 is 1.44 bits per heavy atom. The second-order valence-electron chi connectivity index (χ2n) is 3.97. The van der Waals surface area contributed by atoms with Gasteiger partial charge < -0.3 is 9.88 Å². The summed E-state index contributed by atoms with van der Waals surface area (Å²) >= 11 is 1.64. The standard InChI is InChI=1S/C11H16N4S/c1-9(2)14-11-12-4-6-15(11)5-3-10-7-16-8-13-10/h4,6-9H,3,5H2,1-2H3,(H,12,14). The normalized spacial score (nSPS) is 10.9. The molecule has 16 heavy (non-hydrogen) atoms. The van der Waals surface area contributed by atoms with Crippen molar-refractivity contribution in [1.29, 1.82) is 0 Å². The van der Waals surface area contributed by atoms with Crippen LogP contribution in [0.2, 0.25) is 0 Å². The van der Waals surface area contributed by atoms with Crippen molar-refractivity contribution in [3.8, 4) is 0 Å². The van der Waals surface area contributed by atoms with E-state index in [0.29, 0.717) is 6.04 Å². The highest BCUT2D eigenvalue weighted by atomic mass is 32.1. The average molecular weight is 236 g/mol. The van der Waals surface area contributed by atoms with Gasteiger partial charge in [-0.2, -0.15) is 0 Å². The van der Waals surface area contributed by atoms with Gasteiger partial charge in [0.05, 0.1) is 11.2 Å². The summed E-state index contributed by atoms with van der Waals surface area (Å²) < 4.78 is 2.12.